The van der Waals surface area contributed by atoms with Crippen LogP contribution in [-0.2, 0) is 10.5 Å². The van der Waals surface area contributed by atoms with Crippen LogP contribution in [0, 0.1) is 13.8 Å². The summed E-state index contributed by atoms with van der Waals surface area (Å²) >= 11 is 0. The minimum atomic E-state index is -1.68. The zero-order valence-electron chi connectivity index (χ0n) is 11.2. The number of hydrogen-bond donors (Lipinski definition) is 1. The van der Waals surface area contributed by atoms with Gasteiger partial charge in [-0.15, -0.1) is 6.58 Å². The van der Waals surface area contributed by atoms with Crippen LogP contribution in [0.4, 0.5) is 0 Å². The SMILES string of the molecule is C=CCO[Si](C)(C)Cc1cc(C)c(O)c(C)c1. The van der Waals surface area contributed by atoms with Gasteiger partial charge in [-0.25, -0.2) is 0 Å². The molecular formula is C14H22O2Si. The summed E-state index contributed by atoms with van der Waals surface area (Å²) in [6.45, 7) is 12.6. The molecule has 17 heavy (non-hydrogen) atoms. The van der Waals surface area contributed by atoms with Crippen molar-refractivity contribution < 1.29 is 9.53 Å². The molecule has 0 saturated carbocycles. The zero-order valence-corrected chi connectivity index (χ0v) is 12.2. The van der Waals surface area contributed by atoms with Crippen LogP contribution >= 0.6 is 0 Å². The maximum absolute atomic E-state index is 9.74. The molecule has 0 saturated heterocycles. The Morgan fingerprint density at radius 2 is 1.82 bits per heavy atom. The molecule has 0 unspecified atom stereocenters. The van der Waals surface area contributed by atoms with E-state index in [2.05, 4.69) is 19.7 Å². The Balaban J connectivity index is 2.84. The van der Waals surface area contributed by atoms with Crippen LogP contribution in [0.3, 0.4) is 0 Å². The van der Waals surface area contributed by atoms with E-state index in [4.69, 9.17) is 4.43 Å². The van der Waals surface area contributed by atoms with Gasteiger partial charge in [0.15, 0.2) is 8.32 Å². The van der Waals surface area contributed by atoms with Crippen molar-refractivity contribution >= 4 is 8.32 Å². The molecule has 1 aromatic rings. The second-order valence-corrected chi connectivity index (χ2v) is 9.28. The van der Waals surface area contributed by atoms with Gasteiger partial charge in [-0.3, -0.25) is 0 Å². The van der Waals surface area contributed by atoms with Crippen molar-refractivity contribution in [1.29, 1.82) is 0 Å². The molecule has 3 heteroatoms. The number of phenolic OH excluding ortho intramolecular Hbond substituents is 1. The average molecular weight is 250 g/mol. The fourth-order valence-corrected chi connectivity index (χ4v) is 3.83. The Morgan fingerprint density at radius 1 is 1.29 bits per heavy atom. The summed E-state index contributed by atoms with van der Waals surface area (Å²) in [6, 6.07) is 5.06. The van der Waals surface area contributed by atoms with Crippen LogP contribution in [0.2, 0.25) is 13.1 Å². The molecule has 2 nitrogen and oxygen atoms in total. The number of rotatable bonds is 5. The lowest BCUT2D eigenvalue weighted by Gasteiger charge is -2.22. The van der Waals surface area contributed by atoms with Gasteiger partial charge in [0.1, 0.15) is 5.75 Å². The molecule has 94 valence electrons. The first-order valence-electron chi connectivity index (χ1n) is 5.89. The first-order chi connectivity index (χ1) is 7.85. The molecule has 1 N–H and O–H groups in total. The van der Waals surface area contributed by atoms with E-state index in [9.17, 15) is 5.11 Å². The summed E-state index contributed by atoms with van der Waals surface area (Å²) in [5, 5.41) is 9.74. The second-order valence-electron chi connectivity index (χ2n) is 5.11. The van der Waals surface area contributed by atoms with Crippen LogP contribution < -0.4 is 0 Å². The van der Waals surface area contributed by atoms with Crippen molar-refractivity contribution in [3.8, 4) is 5.75 Å². The highest BCUT2D eigenvalue weighted by Gasteiger charge is 2.23. The van der Waals surface area contributed by atoms with Gasteiger partial charge in [0.2, 0.25) is 0 Å². The standard InChI is InChI=1S/C14H22O2Si/c1-6-7-16-17(4,5)10-13-8-11(2)14(15)12(3)9-13/h6,8-9,15H,1,7,10H2,2-5H3. The molecule has 0 radical (unpaired) electrons. The van der Waals surface area contributed by atoms with Gasteiger partial charge >= 0.3 is 0 Å². The predicted molar refractivity (Wildman–Crippen MR) is 74.9 cm³/mol. The van der Waals surface area contributed by atoms with Crippen molar-refractivity contribution in [2.24, 2.45) is 0 Å². The number of phenols is 1. The molecule has 0 heterocycles. The molecule has 0 atom stereocenters. The largest absolute Gasteiger partial charge is 0.507 e. The van der Waals surface area contributed by atoms with Crippen LogP contribution in [0.1, 0.15) is 16.7 Å². The molecule has 0 aliphatic heterocycles. The molecule has 0 spiro atoms. The van der Waals surface area contributed by atoms with E-state index in [1.165, 1.54) is 5.56 Å². The van der Waals surface area contributed by atoms with E-state index < -0.39 is 8.32 Å². The Bertz CT molecular complexity index is 388. The van der Waals surface area contributed by atoms with Crippen molar-refractivity contribution in [1.82, 2.24) is 0 Å². The number of aryl methyl sites for hydroxylation is 2. The average Bonchev–Trinajstić information content (AvgIpc) is 2.22. The molecule has 0 aromatic heterocycles. The molecule has 0 amide bonds. The highest BCUT2D eigenvalue weighted by Crippen LogP contribution is 2.25. The van der Waals surface area contributed by atoms with E-state index in [0.29, 0.717) is 12.4 Å². The van der Waals surface area contributed by atoms with Crippen molar-refractivity contribution in [3.63, 3.8) is 0 Å². The fourth-order valence-electron chi connectivity index (χ4n) is 1.97. The van der Waals surface area contributed by atoms with Gasteiger partial charge in [-0.05, 0) is 49.7 Å². The summed E-state index contributed by atoms with van der Waals surface area (Å²) < 4.78 is 5.85. The summed E-state index contributed by atoms with van der Waals surface area (Å²) in [4.78, 5) is 0. The number of aromatic hydroxyl groups is 1. The van der Waals surface area contributed by atoms with Gasteiger partial charge in [-0.1, -0.05) is 18.2 Å². The van der Waals surface area contributed by atoms with E-state index in [1.807, 2.05) is 26.0 Å². The van der Waals surface area contributed by atoms with Crippen molar-refractivity contribution in [2.45, 2.75) is 33.0 Å². The maximum Gasteiger partial charge on any atom is 0.191 e. The molecule has 1 aromatic carbocycles. The zero-order chi connectivity index (χ0) is 13.1. The van der Waals surface area contributed by atoms with Gasteiger partial charge in [0.05, 0.1) is 6.61 Å². The first-order valence-corrected chi connectivity index (χ1v) is 9.01. The number of hydrogen-bond acceptors (Lipinski definition) is 2. The lowest BCUT2D eigenvalue weighted by atomic mass is 10.1. The molecule has 0 aliphatic rings. The topological polar surface area (TPSA) is 29.5 Å². The van der Waals surface area contributed by atoms with E-state index in [0.717, 1.165) is 17.2 Å². The molecular weight excluding hydrogens is 228 g/mol. The minimum Gasteiger partial charge on any atom is -0.507 e. The Morgan fingerprint density at radius 3 is 2.29 bits per heavy atom. The van der Waals surface area contributed by atoms with Crippen molar-refractivity contribution in [2.75, 3.05) is 6.61 Å². The highest BCUT2D eigenvalue weighted by molar-refractivity contribution is 6.70. The highest BCUT2D eigenvalue weighted by atomic mass is 28.4. The second kappa shape index (κ2) is 5.51. The smallest absolute Gasteiger partial charge is 0.191 e. The summed E-state index contributed by atoms with van der Waals surface area (Å²) in [6.07, 6.45) is 1.79. The predicted octanol–water partition coefficient (Wildman–Crippen LogP) is 3.50. The third-order valence-electron chi connectivity index (χ3n) is 2.77. The minimum absolute atomic E-state index is 0.403. The Labute approximate surface area is 105 Å². The maximum atomic E-state index is 9.74. The van der Waals surface area contributed by atoms with Gasteiger partial charge in [-0.2, -0.15) is 0 Å². The summed E-state index contributed by atoms with van der Waals surface area (Å²) in [5.41, 5.74) is 3.13. The third-order valence-corrected chi connectivity index (χ3v) is 4.98. The van der Waals surface area contributed by atoms with Crippen LogP contribution in [-0.4, -0.2) is 20.0 Å². The lowest BCUT2D eigenvalue weighted by Crippen LogP contribution is -2.34. The van der Waals surface area contributed by atoms with Gasteiger partial charge in [0.25, 0.3) is 0 Å². The van der Waals surface area contributed by atoms with E-state index in [1.54, 1.807) is 6.08 Å². The van der Waals surface area contributed by atoms with Gasteiger partial charge in [0, 0.05) is 0 Å². The Kier molecular flexibility index (Phi) is 4.54. The first kappa shape index (κ1) is 14.0. The van der Waals surface area contributed by atoms with Crippen molar-refractivity contribution in [3.05, 3.63) is 41.5 Å². The quantitative estimate of drug-likeness (QED) is 0.640. The fraction of sp³-hybridized carbons (Fsp3) is 0.429. The van der Waals surface area contributed by atoms with E-state index >= 15 is 0 Å². The third kappa shape index (κ3) is 4.02. The molecule has 0 bridgehead atoms. The number of benzene rings is 1. The van der Waals surface area contributed by atoms with Crippen LogP contribution in [0.5, 0.6) is 5.75 Å². The Hall–Kier alpha value is -1.06. The lowest BCUT2D eigenvalue weighted by molar-refractivity contribution is 0.351. The monoisotopic (exact) mass is 250 g/mol. The molecule has 0 fully saturated rings. The van der Waals surface area contributed by atoms with Gasteiger partial charge < -0.3 is 9.53 Å². The van der Waals surface area contributed by atoms with Crippen LogP contribution in [0.25, 0.3) is 0 Å². The van der Waals surface area contributed by atoms with E-state index in [-0.39, 0.29) is 0 Å². The summed E-state index contributed by atoms with van der Waals surface area (Å²) in [5.74, 6) is 0.403. The molecule has 0 aliphatic carbocycles. The molecule has 1 rings (SSSR count). The normalized spacial score (nSPS) is 11.5. The summed E-state index contributed by atoms with van der Waals surface area (Å²) in [7, 11) is -1.68. The van der Waals surface area contributed by atoms with Crippen LogP contribution in [0.15, 0.2) is 24.8 Å².